The van der Waals surface area contributed by atoms with Crippen LogP contribution in [0.1, 0.15) is 5.69 Å². The van der Waals surface area contributed by atoms with E-state index in [1.807, 2.05) is 23.7 Å². The molecule has 0 saturated heterocycles. The topological polar surface area (TPSA) is 77.2 Å². The molecular formula is C15H11ClN4O3S. The fraction of sp³-hybridized carbons (Fsp3) is 0.133. The highest BCUT2D eigenvalue weighted by Crippen LogP contribution is 2.30. The lowest BCUT2D eigenvalue weighted by molar-refractivity contribution is -0.130. The van der Waals surface area contributed by atoms with Crippen LogP contribution in [0.5, 0.6) is 11.5 Å². The number of nitrogens with one attached hydrogen (secondary N) is 1. The minimum Gasteiger partial charge on any atom is -0.485 e. The second-order valence-electron chi connectivity index (χ2n) is 4.94. The molecule has 0 fully saturated rings. The standard InChI is InChI=1S/C15H11ClN4O3S/c16-13-9(20-5-6-24-15(20)18-13)7-17-19-14(21)12-8-22-10-3-1-2-4-11(10)23-12/h1-7,12H,8H2,(H,19,21)/b17-7-/t12-/m1/s1. The van der Waals surface area contributed by atoms with E-state index in [4.69, 9.17) is 21.1 Å². The van der Waals surface area contributed by atoms with Crippen molar-refractivity contribution >= 4 is 40.0 Å². The van der Waals surface area contributed by atoms with Crippen LogP contribution in [0.25, 0.3) is 4.96 Å². The van der Waals surface area contributed by atoms with Crippen LogP contribution in [0, 0.1) is 0 Å². The summed E-state index contributed by atoms with van der Waals surface area (Å²) in [6.07, 6.45) is 2.51. The summed E-state index contributed by atoms with van der Waals surface area (Å²) in [5.41, 5.74) is 3.03. The maximum absolute atomic E-state index is 12.2. The van der Waals surface area contributed by atoms with E-state index in [2.05, 4.69) is 15.5 Å². The molecule has 0 aliphatic carbocycles. The number of nitrogens with zero attached hydrogens (tertiary/aromatic N) is 3. The average molecular weight is 363 g/mol. The lowest BCUT2D eigenvalue weighted by Crippen LogP contribution is -2.42. The number of para-hydroxylation sites is 2. The Kier molecular flexibility index (Phi) is 3.83. The Hall–Kier alpha value is -2.58. The maximum Gasteiger partial charge on any atom is 0.284 e. The molecule has 3 heterocycles. The number of benzene rings is 1. The first kappa shape index (κ1) is 15.0. The molecule has 0 saturated carbocycles. The van der Waals surface area contributed by atoms with E-state index in [1.165, 1.54) is 17.6 Å². The fourth-order valence-electron chi connectivity index (χ4n) is 2.27. The number of hydrogen-bond donors (Lipinski definition) is 1. The Balaban J connectivity index is 1.44. The Labute approximate surface area is 145 Å². The van der Waals surface area contributed by atoms with E-state index in [0.29, 0.717) is 22.3 Å². The smallest absolute Gasteiger partial charge is 0.284 e. The van der Waals surface area contributed by atoms with Crippen molar-refractivity contribution in [1.82, 2.24) is 14.8 Å². The quantitative estimate of drug-likeness (QED) is 0.573. The highest BCUT2D eigenvalue weighted by Gasteiger charge is 2.27. The third-order valence-electron chi connectivity index (χ3n) is 3.42. The number of hydrogen-bond acceptors (Lipinski definition) is 6. The lowest BCUT2D eigenvalue weighted by Gasteiger charge is -2.24. The second kappa shape index (κ2) is 6.14. The molecule has 3 aromatic rings. The highest BCUT2D eigenvalue weighted by atomic mass is 35.5. The van der Waals surface area contributed by atoms with Gasteiger partial charge in [0, 0.05) is 11.6 Å². The molecule has 7 nitrogen and oxygen atoms in total. The van der Waals surface area contributed by atoms with E-state index in [0.717, 1.165) is 4.96 Å². The van der Waals surface area contributed by atoms with Gasteiger partial charge in [-0.05, 0) is 12.1 Å². The maximum atomic E-state index is 12.2. The second-order valence-corrected chi connectivity index (χ2v) is 6.17. The zero-order valence-corrected chi connectivity index (χ0v) is 13.8. The molecule has 9 heteroatoms. The predicted octanol–water partition coefficient (Wildman–Crippen LogP) is 2.34. The molecule has 1 aliphatic rings. The van der Waals surface area contributed by atoms with E-state index >= 15 is 0 Å². The molecule has 1 amide bonds. The number of fused-ring (bicyclic) bond motifs is 2. The first-order chi connectivity index (χ1) is 11.7. The van der Waals surface area contributed by atoms with Gasteiger partial charge < -0.3 is 9.47 Å². The zero-order valence-electron chi connectivity index (χ0n) is 12.2. The summed E-state index contributed by atoms with van der Waals surface area (Å²) < 4.78 is 12.9. The molecule has 2 aromatic heterocycles. The third-order valence-corrected chi connectivity index (χ3v) is 4.45. The van der Waals surface area contributed by atoms with Crippen LogP contribution in [0.15, 0.2) is 40.9 Å². The molecule has 0 unspecified atom stereocenters. The highest BCUT2D eigenvalue weighted by molar-refractivity contribution is 7.15. The normalized spacial score (nSPS) is 16.6. The van der Waals surface area contributed by atoms with Crippen molar-refractivity contribution in [2.75, 3.05) is 6.61 Å². The third kappa shape index (κ3) is 2.70. The number of aromatic nitrogens is 2. The van der Waals surface area contributed by atoms with Gasteiger partial charge in [-0.15, -0.1) is 11.3 Å². The molecule has 0 radical (unpaired) electrons. The number of halogens is 1. The van der Waals surface area contributed by atoms with Crippen molar-refractivity contribution in [2.45, 2.75) is 6.10 Å². The number of amides is 1. The van der Waals surface area contributed by atoms with E-state index in [1.54, 1.807) is 16.5 Å². The van der Waals surface area contributed by atoms with Gasteiger partial charge in [0.1, 0.15) is 12.3 Å². The van der Waals surface area contributed by atoms with E-state index < -0.39 is 12.0 Å². The van der Waals surface area contributed by atoms with Crippen LogP contribution in [0.2, 0.25) is 5.15 Å². The molecule has 0 bridgehead atoms. The molecule has 1 atom stereocenters. The summed E-state index contributed by atoms with van der Waals surface area (Å²) in [6.45, 7) is 0.126. The Bertz CT molecular complexity index is 936. The first-order valence-corrected chi connectivity index (χ1v) is 8.30. The largest absolute Gasteiger partial charge is 0.485 e. The van der Waals surface area contributed by atoms with Gasteiger partial charge in [0.15, 0.2) is 21.6 Å². The first-order valence-electron chi connectivity index (χ1n) is 7.05. The predicted molar refractivity (Wildman–Crippen MR) is 90.2 cm³/mol. The van der Waals surface area contributed by atoms with Gasteiger partial charge in [0.25, 0.3) is 5.91 Å². The summed E-state index contributed by atoms with van der Waals surface area (Å²) >= 11 is 7.52. The van der Waals surface area contributed by atoms with Crippen molar-refractivity contribution in [3.05, 3.63) is 46.7 Å². The van der Waals surface area contributed by atoms with Crippen LogP contribution >= 0.6 is 22.9 Å². The van der Waals surface area contributed by atoms with E-state index in [9.17, 15) is 4.79 Å². The number of thiazole rings is 1. The van der Waals surface area contributed by atoms with Crippen molar-refractivity contribution < 1.29 is 14.3 Å². The number of carbonyl (C=O) groups is 1. The number of imidazole rings is 1. The van der Waals surface area contributed by atoms with Gasteiger partial charge in [-0.3, -0.25) is 9.20 Å². The molecular weight excluding hydrogens is 352 g/mol. The summed E-state index contributed by atoms with van der Waals surface area (Å²) in [5.74, 6) is 0.755. The number of ether oxygens (including phenoxy) is 2. The van der Waals surface area contributed by atoms with Gasteiger partial charge in [-0.1, -0.05) is 23.7 Å². The van der Waals surface area contributed by atoms with Crippen molar-refractivity contribution in [3.63, 3.8) is 0 Å². The SMILES string of the molecule is O=C(N/N=C\c1c(Cl)nc2sccn12)[C@H]1COc2ccccc2O1. The van der Waals surface area contributed by atoms with Gasteiger partial charge in [0.2, 0.25) is 6.10 Å². The van der Waals surface area contributed by atoms with Crippen LogP contribution < -0.4 is 14.9 Å². The van der Waals surface area contributed by atoms with Gasteiger partial charge in [-0.2, -0.15) is 5.10 Å². The molecule has 1 aliphatic heterocycles. The minimum atomic E-state index is -0.765. The van der Waals surface area contributed by atoms with Gasteiger partial charge >= 0.3 is 0 Å². The Morgan fingerprint density at radius 1 is 1.46 bits per heavy atom. The van der Waals surface area contributed by atoms with E-state index in [-0.39, 0.29) is 6.61 Å². The summed E-state index contributed by atoms with van der Waals surface area (Å²) in [6, 6.07) is 7.19. The lowest BCUT2D eigenvalue weighted by atomic mass is 10.2. The average Bonchev–Trinajstić information content (AvgIpc) is 3.16. The molecule has 0 spiro atoms. The van der Waals surface area contributed by atoms with Crippen LogP contribution in [-0.4, -0.2) is 34.2 Å². The summed E-state index contributed by atoms with van der Waals surface area (Å²) in [4.78, 5) is 17.1. The van der Waals surface area contributed by atoms with Gasteiger partial charge in [-0.25, -0.2) is 10.4 Å². The number of rotatable bonds is 3. The fourth-order valence-corrected chi connectivity index (χ4v) is 3.26. The van der Waals surface area contributed by atoms with Gasteiger partial charge in [0.05, 0.1) is 6.21 Å². The zero-order chi connectivity index (χ0) is 16.5. The number of carbonyl (C=O) groups excluding carboxylic acids is 1. The summed E-state index contributed by atoms with van der Waals surface area (Å²) in [5, 5.41) is 6.15. The number of hydrazone groups is 1. The van der Waals surface area contributed by atoms with Crippen LogP contribution in [0.3, 0.4) is 0 Å². The Morgan fingerprint density at radius 3 is 3.17 bits per heavy atom. The molecule has 24 heavy (non-hydrogen) atoms. The molecule has 1 N–H and O–H groups in total. The van der Waals surface area contributed by atoms with Crippen molar-refractivity contribution in [2.24, 2.45) is 5.10 Å². The van der Waals surface area contributed by atoms with Crippen molar-refractivity contribution in [3.8, 4) is 11.5 Å². The van der Waals surface area contributed by atoms with Crippen molar-refractivity contribution in [1.29, 1.82) is 0 Å². The minimum absolute atomic E-state index is 0.126. The molecule has 1 aromatic carbocycles. The van der Waals surface area contributed by atoms with Crippen LogP contribution in [0.4, 0.5) is 0 Å². The molecule has 4 rings (SSSR count). The monoisotopic (exact) mass is 362 g/mol. The summed E-state index contributed by atoms with van der Waals surface area (Å²) in [7, 11) is 0. The Morgan fingerprint density at radius 2 is 2.29 bits per heavy atom. The molecule has 122 valence electrons. The van der Waals surface area contributed by atoms with Crippen LogP contribution in [-0.2, 0) is 4.79 Å².